The third-order valence-electron chi connectivity index (χ3n) is 7.01. The molecule has 0 amide bonds. The molecule has 0 unspecified atom stereocenters. The van der Waals surface area contributed by atoms with Crippen LogP contribution in [0.15, 0.2) is 48.5 Å². The van der Waals surface area contributed by atoms with E-state index >= 15 is 0 Å². The van der Waals surface area contributed by atoms with E-state index in [-0.39, 0.29) is 18.7 Å². The summed E-state index contributed by atoms with van der Waals surface area (Å²) in [5, 5.41) is 0. The smallest absolute Gasteiger partial charge is 0.338 e. The number of benzene rings is 2. The van der Waals surface area contributed by atoms with Crippen LogP contribution in [-0.4, -0.2) is 18.0 Å². The van der Waals surface area contributed by atoms with Gasteiger partial charge in [0.1, 0.15) is 12.7 Å². The number of rotatable bonds is 13. The Labute approximate surface area is 221 Å². The Bertz CT molecular complexity index is 1000. The first-order valence-electron chi connectivity index (χ1n) is 13.7. The monoisotopic (exact) mass is 506 g/mol. The van der Waals surface area contributed by atoms with Gasteiger partial charge in [-0.2, -0.15) is 0 Å². The molecule has 0 aliphatic heterocycles. The van der Waals surface area contributed by atoms with Crippen molar-refractivity contribution in [2.24, 2.45) is 5.92 Å². The Hall–Kier alpha value is -3.28. The first-order valence-corrected chi connectivity index (χ1v) is 13.7. The Kier molecular flexibility index (Phi) is 11.5. The number of unbranched alkanes of at least 4 members (excludes halogenated alkanes) is 5. The molecule has 0 bridgehead atoms. The van der Waals surface area contributed by atoms with Crippen LogP contribution in [0.4, 0.5) is 11.4 Å². The molecule has 2 aromatic rings. The molecule has 0 saturated heterocycles. The first kappa shape index (κ1) is 28.3. The van der Waals surface area contributed by atoms with E-state index in [1.807, 2.05) is 0 Å². The molecule has 0 radical (unpaired) electrons. The van der Waals surface area contributed by atoms with Crippen LogP contribution in [0, 0.1) is 5.92 Å². The minimum Gasteiger partial charge on any atom is -0.459 e. The van der Waals surface area contributed by atoms with Crippen LogP contribution < -0.4 is 11.5 Å². The molecule has 200 valence electrons. The molecule has 1 fully saturated rings. The summed E-state index contributed by atoms with van der Waals surface area (Å²) in [6.07, 6.45) is 16.6. The SMILES string of the molecule is CCCCCCCCC1CCC(OC(=O)c2ccc(/C=C/C(=O)OCc3cc(N)cc(N)c3)cc2)CC1. The average Bonchev–Trinajstić information content (AvgIpc) is 2.89. The molecule has 1 aliphatic rings. The van der Waals surface area contributed by atoms with Gasteiger partial charge >= 0.3 is 11.9 Å². The van der Waals surface area contributed by atoms with Crippen molar-refractivity contribution in [1.82, 2.24) is 0 Å². The summed E-state index contributed by atoms with van der Waals surface area (Å²) in [6, 6.07) is 12.1. The summed E-state index contributed by atoms with van der Waals surface area (Å²) in [5.74, 6) is 0.0233. The zero-order valence-corrected chi connectivity index (χ0v) is 22.1. The predicted molar refractivity (Wildman–Crippen MR) is 150 cm³/mol. The van der Waals surface area contributed by atoms with Crippen molar-refractivity contribution in [3.63, 3.8) is 0 Å². The van der Waals surface area contributed by atoms with Crippen molar-refractivity contribution >= 4 is 29.4 Å². The van der Waals surface area contributed by atoms with E-state index in [0.29, 0.717) is 16.9 Å². The lowest BCUT2D eigenvalue weighted by Crippen LogP contribution is -2.24. The van der Waals surface area contributed by atoms with E-state index < -0.39 is 5.97 Å². The van der Waals surface area contributed by atoms with Crippen LogP contribution in [-0.2, 0) is 20.9 Å². The van der Waals surface area contributed by atoms with E-state index in [0.717, 1.165) is 42.7 Å². The Morgan fingerprint density at radius 2 is 1.54 bits per heavy atom. The summed E-state index contributed by atoms with van der Waals surface area (Å²) in [7, 11) is 0. The van der Waals surface area contributed by atoms with Gasteiger partial charge in [0, 0.05) is 17.5 Å². The molecule has 0 atom stereocenters. The van der Waals surface area contributed by atoms with Crippen LogP contribution in [0.1, 0.15) is 99.0 Å². The number of carbonyl (C=O) groups is 2. The number of nitrogen functional groups attached to an aromatic ring is 2. The van der Waals surface area contributed by atoms with Crippen LogP contribution in [0.2, 0.25) is 0 Å². The lowest BCUT2D eigenvalue weighted by molar-refractivity contribution is -0.138. The summed E-state index contributed by atoms with van der Waals surface area (Å²) >= 11 is 0. The molecule has 6 heteroatoms. The standard InChI is InChI=1S/C31H42N2O4/c1-2-3-4-5-6-7-8-23-11-16-29(17-12-23)37-31(35)26-14-9-24(10-15-26)13-18-30(34)36-22-25-19-27(32)21-28(33)20-25/h9-10,13-15,18-21,23,29H,2-8,11-12,16-17,22,32-33H2,1H3/b18-13+. The van der Waals surface area contributed by atoms with Crippen molar-refractivity contribution < 1.29 is 19.1 Å². The van der Waals surface area contributed by atoms with Crippen LogP contribution in [0.5, 0.6) is 0 Å². The van der Waals surface area contributed by atoms with E-state index in [1.54, 1.807) is 48.5 Å². The minimum atomic E-state index is -0.475. The average molecular weight is 507 g/mol. The van der Waals surface area contributed by atoms with Gasteiger partial charge in [-0.05, 0) is 79.1 Å². The predicted octanol–water partition coefficient (Wildman–Crippen LogP) is 7.07. The van der Waals surface area contributed by atoms with Crippen LogP contribution in [0.3, 0.4) is 0 Å². The number of anilines is 2. The van der Waals surface area contributed by atoms with Gasteiger partial charge in [-0.25, -0.2) is 9.59 Å². The third kappa shape index (κ3) is 10.3. The molecule has 0 heterocycles. The maximum Gasteiger partial charge on any atom is 0.338 e. The summed E-state index contributed by atoms with van der Waals surface area (Å²) in [4.78, 5) is 24.6. The molecule has 1 aliphatic carbocycles. The quantitative estimate of drug-likeness (QED) is 0.130. The number of carbonyl (C=O) groups excluding carboxylic acids is 2. The number of ether oxygens (including phenoxy) is 2. The highest BCUT2D eigenvalue weighted by Crippen LogP contribution is 2.30. The highest BCUT2D eigenvalue weighted by molar-refractivity contribution is 5.90. The molecule has 0 aromatic heterocycles. The van der Waals surface area contributed by atoms with Gasteiger partial charge in [-0.15, -0.1) is 0 Å². The van der Waals surface area contributed by atoms with Gasteiger partial charge in [0.05, 0.1) is 5.56 Å². The van der Waals surface area contributed by atoms with E-state index in [2.05, 4.69) is 6.92 Å². The zero-order valence-electron chi connectivity index (χ0n) is 22.1. The Balaban J connectivity index is 1.36. The van der Waals surface area contributed by atoms with Gasteiger partial charge in [-0.1, -0.05) is 64.0 Å². The van der Waals surface area contributed by atoms with Crippen molar-refractivity contribution in [1.29, 1.82) is 0 Å². The van der Waals surface area contributed by atoms with E-state index in [1.165, 1.54) is 51.0 Å². The lowest BCUT2D eigenvalue weighted by atomic mass is 9.84. The summed E-state index contributed by atoms with van der Waals surface area (Å²) in [5.41, 5.74) is 14.6. The molecule has 2 aromatic carbocycles. The first-order chi connectivity index (χ1) is 17.9. The second-order valence-corrected chi connectivity index (χ2v) is 10.2. The molecular formula is C31H42N2O4. The molecule has 1 saturated carbocycles. The molecule has 4 N–H and O–H groups in total. The fourth-order valence-corrected chi connectivity index (χ4v) is 4.90. The maximum absolute atomic E-state index is 12.6. The number of nitrogens with two attached hydrogens (primary N) is 2. The topological polar surface area (TPSA) is 105 Å². The normalized spacial score (nSPS) is 17.5. The van der Waals surface area contributed by atoms with Crippen molar-refractivity contribution in [2.75, 3.05) is 11.5 Å². The Morgan fingerprint density at radius 1 is 0.892 bits per heavy atom. The zero-order chi connectivity index (χ0) is 26.5. The molecule has 3 rings (SSSR count). The fourth-order valence-electron chi connectivity index (χ4n) is 4.90. The molecule has 6 nitrogen and oxygen atoms in total. The number of esters is 2. The van der Waals surface area contributed by atoms with Gasteiger partial charge in [0.25, 0.3) is 0 Å². The van der Waals surface area contributed by atoms with Crippen molar-refractivity contribution in [3.05, 3.63) is 65.2 Å². The van der Waals surface area contributed by atoms with Gasteiger partial charge in [0.15, 0.2) is 0 Å². The molecule has 37 heavy (non-hydrogen) atoms. The van der Waals surface area contributed by atoms with Gasteiger partial charge < -0.3 is 20.9 Å². The largest absolute Gasteiger partial charge is 0.459 e. The fraction of sp³-hybridized carbons (Fsp3) is 0.484. The third-order valence-corrected chi connectivity index (χ3v) is 7.01. The molecule has 0 spiro atoms. The van der Waals surface area contributed by atoms with Crippen LogP contribution >= 0.6 is 0 Å². The minimum absolute atomic E-state index is 0.0120. The Morgan fingerprint density at radius 3 is 2.22 bits per heavy atom. The van der Waals surface area contributed by atoms with Crippen LogP contribution in [0.25, 0.3) is 6.08 Å². The lowest BCUT2D eigenvalue weighted by Gasteiger charge is -2.28. The molecular weight excluding hydrogens is 464 g/mol. The van der Waals surface area contributed by atoms with Crippen molar-refractivity contribution in [3.8, 4) is 0 Å². The maximum atomic E-state index is 12.6. The van der Waals surface area contributed by atoms with E-state index in [4.69, 9.17) is 20.9 Å². The summed E-state index contributed by atoms with van der Waals surface area (Å²) in [6.45, 7) is 2.34. The van der Waals surface area contributed by atoms with Gasteiger partial charge in [0.2, 0.25) is 0 Å². The number of hydrogen-bond acceptors (Lipinski definition) is 6. The second-order valence-electron chi connectivity index (χ2n) is 10.2. The highest BCUT2D eigenvalue weighted by atomic mass is 16.5. The van der Waals surface area contributed by atoms with Gasteiger partial charge in [-0.3, -0.25) is 0 Å². The second kappa shape index (κ2) is 15.1. The highest BCUT2D eigenvalue weighted by Gasteiger charge is 2.24. The van der Waals surface area contributed by atoms with E-state index in [9.17, 15) is 9.59 Å². The number of hydrogen-bond donors (Lipinski definition) is 2. The van der Waals surface area contributed by atoms with Crippen molar-refractivity contribution in [2.45, 2.75) is 90.3 Å². The summed E-state index contributed by atoms with van der Waals surface area (Å²) < 4.78 is 11.0.